The van der Waals surface area contributed by atoms with Gasteiger partial charge < -0.3 is 4.79 Å². The van der Waals surface area contributed by atoms with Crippen LogP contribution in [0.1, 0.15) is 59.3 Å². The highest BCUT2D eigenvalue weighted by molar-refractivity contribution is 5.75. The topological polar surface area (TPSA) is 17.1 Å². The quantitative estimate of drug-likeness (QED) is 0.431. The Labute approximate surface area is 82.2 Å². The summed E-state index contributed by atoms with van der Waals surface area (Å²) in [5.41, 5.74) is 1.44. The molecule has 1 nitrogen and oxygen atoms in total. The molecule has 0 aliphatic heterocycles. The fourth-order valence-corrected chi connectivity index (χ4v) is 1.28. The van der Waals surface area contributed by atoms with Crippen molar-refractivity contribution >= 4 is 5.78 Å². The first kappa shape index (κ1) is 12.4. The maximum absolute atomic E-state index is 10.7. The largest absolute Gasteiger partial charge is 0.300 e. The predicted octanol–water partition coefficient (Wildman–Crippen LogP) is 3.88. The van der Waals surface area contributed by atoms with E-state index >= 15 is 0 Å². The van der Waals surface area contributed by atoms with Crippen molar-refractivity contribution in [1.82, 2.24) is 0 Å². The molecule has 0 aromatic rings. The summed E-state index contributed by atoms with van der Waals surface area (Å²) in [7, 11) is 0. The molecule has 0 aromatic heterocycles. The average molecular weight is 182 g/mol. The van der Waals surface area contributed by atoms with Crippen molar-refractivity contribution in [3.8, 4) is 0 Å². The van der Waals surface area contributed by atoms with Crippen LogP contribution in [0.15, 0.2) is 11.6 Å². The lowest BCUT2D eigenvalue weighted by molar-refractivity contribution is -0.116. The van der Waals surface area contributed by atoms with Gasteiger partial charge in [-0.25, -0.2) is 0 Å². The summed E-state index contributed by atoms with van der Waals surface area (Å²) in [6, 6.07) is 0. The maximum atomic E-state index is 10.7. The highest BCUT2D eigenvalue weighted by Crippen LogP contribution is 2.09. The number of rotatable bonds is 7. The predicted molar refractivity (Wildman–Crippen MR) is 57.8 cm³/mol. The third kappa shape index (κ3) is 9.32. The Morgan fingerprint density at radius 1 is 1.15 bits per heavy atom. The molecular weight excluding hydrogens is 160 g/mol. The second-order valence-corrected chi connectivity index (χ2v) is 3.75. The lowest BCUT2D eigenvalue weighted by Crippen LogP contribution is -1.87. The molecule has 1 heteroatoms. The SMILES string of the molecule is CCCCC/C(C)=C/CCC(C)=O. The minimum Gasteiger partial charge on any atom is -0.300 e. The zero-order chi connectivity index (χ0) is 10.1. The Morgan fingerprint density at radius 2 is 1.85 bits per heavy atom. The van der Waals surface area contributed by atoms with Crippen molar-refractivity contribution in [3.05, 3.63) is 11.6 Å². The first-order valence-electron chi connectivity index (χ1n) is 5.32. The van der Waals surface area contributed by atoms with E-state index in [2.05, 4.69) is 19.9 Å². The van der Waals surface area contributed by atoms with Gasteiger partial charge in [0.1, 0.15) is 5.78 Å². The fraction of sp³-hybridized carbons (Fsp3) is 0.750. The molecule has 0 N–H and O–H groups in total. The molecule has 0 saturated heterocycles. The van der Waals surface area contributed by atoms with Gasteiger partial charge in [0.2, 0.25) is 0 Å². The molecule has 0 saturated carbocycles. The van der Waals surface area contributed by atoms with Crippen LogP contribution in [0.5, 0.6) is 0 Å². The van der Waals surface area contributed by atoms with Gasteiger partial charge in [0.15, 0.2) is 0 Å². The van der Waals surface area contributed by atoms with Gasteiger partial charge in [0.05, 0.1) is 0 Å². The van der Waals surface area contributed by atoms with Gasteiger partial charge in [-0.2, -0.15) is 0 Å². The van der Waals surface area contributed by atoms with Gasteiger partial charge in [-0.1, -0.05) is 31.4 Å². The van der Waals surface area contributed by atoms with Crippen LogP contribution < -0.4 is 0 Å². The molecular formula is C12H22O. The molecule has 0 bridgehead atoms. The molecule has 0 atom stereocenters. The number of carbonyl (C=O) groups excluding carboxylic acids is 1. The van der Waals surface area contributed by atoms with Crippen LogP contribution in [0.3, 0.4) is 0 Å². The number of allylic oxidation sites excluding steroid dienone is 2. The molecule has 13 heavy (non-hydrogen) atoms. The molecule has 0 rings (SSSR count). The maximum Gasteiger partial charge on any atom is 0.130 e. The third-order valence-electron chi connectivity index (χ3n) is 2.16. The van der Waals surface area contributed by atoms with Crippen molar-refractivity contribution in [1.29, 1.82) is 0 Å². The summed E-state index contributed by atoms with van der Waals surface area (Å²) >= 11 is 0. The van der Waals surface area contributed by atoms with Gasteiger partial charge >= 0.3 is 0 Å². The van der Waals surface area contributed by atoms with E-state index in [0.717, 1.165) is 6.42 Å². The standard InChI is InChI=1S/C12H22O/c1-4-5-6-8-11(2)9-7-10-12(3)13/h9H,4-8,10H2,1-3H3/b11-9+. The van der Waals surface area contributed by atoms with Crippen LogP contribution in [0.4, 0.5) is 0 Å². The Kier molecular flexibility index (Phi) is 7.66. The van der Waals surface area contributed by atoms with E-state index in [1.807, 2.05) is 0 Å². The lowest BCUT2D eigenvalue weighted by atomic mass is 10.1. The monoisotopic (exact) mass is 182 g/mol. The van der Waals surface area contributed by atoms with E-state index in [-0.39, 0.29) is 5.78 Å². The van der Waals surface area contributed by atoms with Gasteiger partial charge in [-0.3, -0.25) is 0 Å². The van der Waals surface area contributed by atoms with Crippen molar-refractivity contribution in [2.45, 2.75) is 59.3 Å². The number of carbonyl (C=O) groups is 1. The summed E-state index contributed by atoms with van der Waals surface area (Å²) in [6.45, 7) is 6.03. The molecule has 0 fully saturated rings. The van der Waals surface area contributed by atoms with Gasteiger partial charge in [-0.05, 0) is 33.1 Å². The molecule has 0 heterocycles. The van der Waals surface area contributed by atoms with Crippen LogP contribution in [-0.4, -0.2) is 5.78 Å². The Hall–Kier alpha value is -0.590. The van der Waals surface area contributed by atoms with Crippen molar-refractivity contribution in [2.75, 3.05) is 0 Å². The smallest absolute Gasteiger partial charge is 0.130 e. The normalized spacial score (nSPS) is 11.8. The second-order valence-electron chi connectivity index (χ2n) is 3.75. The number of unbranched alkanes of at least 4 members (excludes halogenated alkanes) is 2. The molecule has 0 aliphatic carbocycles. The third-order valence-corrected chi connectivity index (χ3v) is 2.16. The van der Waals surface area contributed by atoms with E-state index in [1.165, 1.54) is 31.3 Å². The molecule has 76 valence electrons. The summed E-state index contributed by atoms with van der Waals surface area (Å²) in [4.78, 5) is 10.7. The van der Waals surface area contributed by atoms with Crippen LogP contribution in [0, 0.1) is 0 Å². The summed E-state index contributed by atoms with van der Waals surface area (Å²) < 4.78 is 0. The van der Waals surface area contributed by atoms with Crippen molar-refractivity contribution < 1.29 is 4.79 Å². The summed E-state index contributed by atoms with van der Waals surface area (Å²) in [6.07, 6.45) is 8.92. The second kappa shape index (κ2) is 8.03. The molecule has 0 aliphatic rings. The van der Waals surface area contributed by atoms with E-state index in [9.17, 15) is 4.79 Å². The lowest BCUT2D eigenvalue weighted by Gasteiger charge is -1.99. The average Bonchev–Trinajstić information content (AvgIpc) is 2.04. The van der Waals surface area contributed by atoms with Crippen LogP contribution in [0.25, 0.3) is 0 Å². The van der Waals surface area contributed by atoms with Crippen LogP contribution >= 0.6 is 0 Å². The van der Waals surface area contributed by atoms with E-state index in [0.29, 0.717) is 6.42 Å². The van der Waals surface area contributed by atoms with Crippen LogP contribution in [-0.2, 0) is 4.79 Å². The van der Waals surface area contributed by atoms with Crippen LogP contribution in [0.2, 0.25) is 0 Å². The number of ketones is 1. The number of Topliss-reactive ketones (excluding diaryl/α,β-unsaturated/α-hetero) is 1. The van der Waals surface area contributed by atoms with E-state index < -0.39 is 0 Å². The Balaban J connectivity index is 3.45. The van der Waals surface area contributed by atoms with Gasteiger partial charge in [-0.15, -0.1) is 0 Å². The highest BCUT2D eigenvalue weighted by Gasteiger charge is 1.92. The summed E-state index contributed by atoms with van der Waals surface area (Å²) in [5, 5.41) is 0. The number of hydrogen-bond donors (Lipinski definition) is 0. The Bertz CT molecular complexity index is 168. The molecule has 0 spiro atoms. The fourth-order valence-electron chi connectivity index (χ4n) is 1.28. The van der Waals surface area contributed by atoms with Gasteiger partial charge in [0.25, 0.3) is 0 Å². The molecule has 0 radical (unpaired) electrons. The first-order valence-corrected chi connectivity index (χ1v) is 5.32. The molecule has 0 amide bonds. The van der Waals surface area contributed by atoms with Crippen molar-refractivity contribution in [3.63, 3.8) is 0 Å². The zero-order valence-corrected chi connectivity index (χ0v) is 9.23. The highest BCUT2D eigenvalue weighted by atomic mass is 16.1. The van der Waals surface area contributed by atoms with E-state index in [4.69, 9.17) is 0 Å². The summed E-state index contributed by atoms with van der Waals surface area (Å²) in [5.74, 6) is 0.289. The minimum atomic E-state index is 0.289. The Morgan fingerprint density at radius 3 is 2.38 bits per heavy atom. The number of hydrogen-bond acceptors (Lipinski definition) is 1. The molecule has 0 unspecified atom stereocenters. The minimum absolute atomic E-state index is 0.289. The molecule has 0 aromatic carbocycles. The first-order chi connectivity index (χ1) is 6.16. The zero-order valence-electron chi connectivity index (χ0n) is 9.23. The van der Waals surface area contributed by atoms with Gasteiger partial charge in [0, 0.05) is 6.42 Å². The van der Waals surface area contributed by atoms with Crippen molar-refractivity contribution in [2.24, 2.45) is 0 Å². The van der Waals surface area contributed by atoms with E-state index in [1.54, 1.807) is 6.92 Å².